The molecule has 1 aliphatic rings. The molecule has 2 amide bonds. The first-order chi connectivity index (χ1) is 12.5. The van der Waals surface area contributed by atoms with Crippen molar-refractivity contribution in [3.05, 3.63) is 65.7 Å². The van der Waals surface area contributed by atoms with Gasteiger partial charge in [0.05, 0.1) is 12.5 Å². The molecule has 7 heteroatoms. The highest BCUT2D eigenvalue weighted by molar-refractivity contribution is 5.95. The molecule has 1 fully saturated rings. The second-order valence-electron chi connectivity index (χ2n) is 6.16. The van der Waals surface area contributed by atoms with Gasteiger partial charge in [0, 0.05) is 31.4 Å². The van der Waals surface area contributed by atoms with E-state index in [1.807, 2.05) is 6.07 Å². The highest BCUT2D eigenvalue weighted by Crippen LogP contribution is 2.14. The van der Waals surface area contributed by atoms with Crippen molar-refractivity contribution in [2.75, 3.05) is 18.4 Å². The predicted molar refractivity (Wildman–Crippen MR) is 93.3 cm³/mol. The van der Waals surface area contributed by atoms with Crippen LogP contribution < -0.4 is 10.6 Å². The molecular formula is C19H19F2N3O2. The van der Waals surface area contributed by atoms with E-state index in [2.05, 4.69) is 10.6 Å². The minimum absolute atomic E-state index is 0.0122. The minimum atomic E-state index is -0.679. The Hall–Kier alpha value is -2.80. The molecule has 3 rings (SSSR count). The first-order valence-corrected chi connectivity index (χ1v) is 8.33. The van der Waals surface area contributed by atoms with E-state index in [1.165, 1.54) is 17.0 Å². The van der Waals surface area contributed by atoms with Gasteiger partial charge in [-0.2, -0.15) is 0 Å². The number of carbonyl (C=O) groups is 2. The van der Waals surface area contributed by atoms with Crippen molar-refractivity contribution in [1.29, 1.82) is 0 Å². The Morgan fingerprint density at radius 2 is 1.85 bits per heavy atom. The highest BCUT2D eigenvalue weighted by Gasteiger charge is 2.30. The first kappa shape index (κ1) is 18.0. The van der Waals surface area contributed by atoms with Gasteiger partial charge in [0.2, 0.25) is 11.8 Å². The van der Waals surface area contributed by atoms with E-state index in [1.54, 1.807) is 24.3 Å². The van der Waals surface area contributed by atoms with Crippen molar-refractivity contribution in [3.8, 4) is 0 Å². The SMILES string of the molecule is O=C(CC1NCCN(Cc2cc(F)cc(F)c2)C1=O)Nc1ccccc1. The van der Waals surface area contributed by atoms with Gasteiger partial charge in [0.15, 0.2) is 0 Å². The highest BCUT2D eigenvalue weighted by atomic mass is 19.1. The Bertz CT molecular complexity index is 778. The summed E-state index contributed by atoms with van der Waals surface area (Å²) in [5.74, 6) is -1.90. The normalized spacial score (nSPS) is 17.2. The van der Waals surface area contributed by atoms with Gasteiger partial charge < -0.3 is 15.5 Å². The van der Waals surface area contributed by atoms with Crippen LogP contribution >= 0.6 is 0 Å². The van der Waals surface area contributed by atoms with Crippen LogP contribution in [0.25, 0.3) is 0 Å². The second-order valence-corrected chi connectivity index (χ2v) is 6.16. The van der Waals surface area contributed by atoms with Gasteiger partial charge in [-0.05, 0) is 29.8 Å². The standard InChI is InChI=1S/C19H19F2N3O2/c20-14-8-13(9-15(21)10-14)12-24-7-6-22-17(19(24)26)11-18(25)23-16-4-2-1-3-5-16/h1-5,8-10,17,22H,6-7,11-12H2,(H,23,25). The van der Waals surface area contributed by atoms with Crippen LogP contribution in [0.1, 0.15) is 12.0 Å². The molecule has 1 saturated heterocycles. The number of halogens is 2. The number of carbonyl (C=O) groups excluding carboxylic acids is 2. The van der Waals surface area contributed by atoms with Crippen molar-refractivity contribution in [2.24, 2.45) is 0 Å². The van der Waals surface area contributed by atoms with Crippen LogP contribution in [-0.4, -0.2) is 35.8 Å². The predicted octanol–water partition coefficient (Wildman–Crippen LogP) is 2.29. The topological polar surface area (TPSA) is 61.4 Å². The number of anilines is 1. The Labute approximate surface area is 150 Å². The van der Waals surface area contributed by atoms with E-state index in [0.717, 1.165) is 6.07 Å². The molecule has 136 valence electrons. The number of hydrogen-bond donors (Lipinski definition) is 2. The molecule has 26 heavy (non-hydrogen) atoms. The van der Waals surface area contributed by atoms with Crippen molar-refractivity contribution in [1.82, 2.24) is 10.2 Å². The lowest BCUT2D eigenvalue weighted by molar-refractivity contribution is -0.138. The molecule has 0 spiro atoms. The number of benzene rings is 2. The van der Waals surface area contributed by atoms with Crippen LogP contribution in [0, 0.1) is 11.6 Å². The molecule has 1 aliphatic heterocycles. The van der Waals surface area contributed by atoms with Gasteiger partial charge in [-0.1, -0.05) is 18.2 Å². The molecule has 5 nitrogen and oxygen atoms in total. The van der Waals surface area contributed by atoms with Crippen LogP contribution in [0.4, 0.5) is 14.5 Å². The van der Waals surface area contributed by atoms with E-state index >= 15 is 0 Å². The summed E-state index contributed by atoms with van der Waals surface area (Å²) in [7, 11) is 0. The minimum Gasteiger partial charge on any atom is -0.336 e. The monoisotopic (exact) mass is 359 g/mol. The van der Waals surface area contributed by atoms with Crippen molar-refractivity contribution in [3.63, 3.8) is 0 Å². The van der Waals surface area contributed by atoms with Gasteiger partial charge in [-0.15, -0.1) is 0 Å². The summed E-state index contributed by atoms with van der Waals surface area (Å²) in [5, 5.41) is 5.76. The Morgan fingerprint density at radius 1 is 1.15 bits per heavy atom. The van der Waals surface area contributed by atoms with Crippen molar-refractivity contribution < 1.29 is 18.4 Å². The largest absolute Gasteiger partial charge is 0.336 e. The Balaban J connectivity index is 1.61. The summed E-state index contributed by atoms with van der Waals surface area (Å²) in [5.41, 5.74) is 1.04. The third-order valence-electron chi connectivity index (χ3n) is 4.13. The summed E-state index contributed by atoms with van der Waals surface area (Å²) in [4.78, 5) is 26.2. The quantitative estimate of drug-likeness (QED) is 0.861. The Kier molecular flexibility index (Phi) is 5.58. The third-order valence-corrected chi connectivity index (χ3v) is 4.13. The van der Waals surface area contributed by atoms with Gasteiger partial charge in [0.25, 0.3) is 0 Å². The molecule has 1 atom stereocenters. The number of nitrogens with zero attached hydrogens (tertiary/aromatic N) is 1. The average Bonchev–Trinajstić information content (AvgIpc) is 2.58. The third kappa shape index (κ3) is 4.64. The fraction of sp³-hybridized carbons (Fsp3) is 0.263. The first-order valence-electron chi connectivity index (χ1n) is 8.33. The lowest BCUT2D eigenvalue weighted by Gasteiger charge is -2.33. The van der Waals surface area contributed by atoms with E-state index in [4.69, 9.17) is 0 Å². The zero-order valence-corrected chi connectivity index (χ0v) is 14.0. The van der Waals surface area contributed by atoms with Gasteiger partial charge >= 0.3 is 0 Å². The molecule has 2 aromatic carbocycles. The molecule has 0 bridgehead atoms. The van der Waals surface area contributed by atoms with E-state index in [9.17, 15) is 18.4 Å². The van der Waals surface area contributed by atoms with Crippen LogP contribution in [0.15, 0.2) is 48.5 Å². The maximum atomic E-state index is 13.3. The molecule has 0 saturated carbocycles. The van der Waals surface area contributed by atoms with Gasteiger partial charge in [-0.3, -0.25) is 9.59 Å². The van der Waals surface area contributed by atoms with Crippen molar-refractivity contribution >= 4 is 17.5 Å². The van der Waals surface area contributed by atoms with Gasteiger partial charge in [-0.25, -0.2) is 8.78 Å². The number of amides is 2. The molecule has 0 radical (unpaired) electrons. The molecule has 1 heterocycles. The van der Waals surface area contributed by atoms with Crippen LogP contribution in [0.5, 0.6) is 0 Å². The molecule has 2 N–H and O–H groups in total. The smallest absolute Gasteiger partial charge is 0.240 e. The summed E-state index contributed by atoms with van der Waals surface area (Å²) < 4.78 is 26.7. The molecule has 0 aromatic heterocycles. The average molecular weight is 359 g/mol. The van der Waals surface area contributed by atoms with Crippen LogP contribution in [-0.2, 0) is 16.1 Å². The number of nitrogens with one attached hydrogen (secondary N) is 2. The lowest BCUT2D eigenvalue weighted by atomic mass is 10.1. The van der Waals surface area contributed by atoms with Crippen LogP contribution in [0.3, 0.4) is 0 Å². The molecule has 0 aliphatic carbocycles. The lowest BCUT2D eigenvalue weighted by Crippen LogP contribution is -2.55. The maximum Gasteiger partial charge on any atom is 0.240 e. The number of rotatable bonds is 5. The molecule has 1 unspecified atom stereocenters. The zero-order valence-electron chi connectivity index (χ0n) is 14.0. The van der Waals surface area contributed by atoms with E-state index < -0.39 is 17.7 Å². The fourth-order valence-electron chi connectivity index (χ4n) is 2.95. The summed E-state index contributed by atoms with van der Waals surface area (Å²) in [6, 6.07) is 11.5. The molecular weight excluding hydrogens is 340 g/mol. The van der Waals surface area contributed by atoms with Crippen LogP contribution in [0.2, 0.25) is 0 Å². The second kappa shape index (κ2) is 8.05. The zero-order chi connectivity index (χ0) is 18.5. The summed E-state index contributed by atoms with van der Waals surface area (Å²) >= 11 is 0. The summed E-state index contributed by atoms with van der Waals surface area (Å²) in [6.45, 7) is 1.02. The summed E-state index contributed by atoms with van der Waals surface area (Å²) in [6.07, 6.45) is -0.0122. The maximum absolute atomic E-state index is 13.3. The fourth-order valence-corrected chi connectivity index (χ4v) is 2.95. The molecule has 2 aromatic rings. The van der Waals surface area contributed by atoms with Gasteiger partial charge in [0.1, 0.15) is 11.6 Å². The number of para-hydroxylation sites is 1. The van der Waals surface area contributed by atoms with Crippen molar-refractivity contribution in [2.45, 2.75) is 19.0 Å². The Morgan fingerprint density at radius 3 is 2.54 bits per heavy atom. The van der Waals surface area contributed by atoms with E-state index in [0.29, 0.717) is 24.3 Å². The number of hydrogen-bond acceptors (Lipinski definition) is 3. The van der Waals surface area contributed by atoms with E-state index in [-0.39, 0.29) is 24.8 Å². The number of piperazine rings is 1.